The van der Waals surface area contributed by atoms with Gasteiger partial charge in [-0.1, -0.05) is 24.3 Å². The van der Waals surface area contributed by atoms with Gasteiger partial charge in [-0.3, -0.25) is 9.59 Å². The van der Waals surface area contributed by atoms with Crippen LogP contribution in [0.2, 0.25) is 0 Å². The van der Waals surface area contributed by atoms with Crippen LogP contribution in [0.1, 0.15) is 25.0 Å². The molecule has 3 rings (SSSR count). The Balaban J connectivity index is 1.75. The third-order valence-corrected chi connectivity index (χ3v) is 4.38. The van der Waals surface area contributed by atoms with Crippen molar-refractivity contribution < 1.29 is 27.9 Å². The summed E-state index contributed by atoms with van der Waals surface area (Å²) in [6.45, 7) is -0.0755. The molecule has 1 saturated heterocycles. The Kier molecular flexibility index (Phi) is 5.77. The molecule has 10 heteroatoms. The molecule has 1 fully saturated rings. The van der Waals surface area contributed by atoms with E-state index in [2.05, 4.69) is 20.5 Å². The van der Waals surface area contributed by atoms with Gasteiger partial charge in [-0.15, -0.1) is 5.01 Å². The smallest absolute Gasteiger partial charge is 0.387 e. The molecule has 30 heavy (non-hydrogen) atoms. The first-order valence-corrected chi connectivity index (χ1v) is 8.83. The summed E-state index contributed by atoms with van der Waals surface area (Å²) in [5, 5.41) is 9.84. The van der Waals surface area contributed by atoms with Gasteiger partial charge < -0.3 is 15.4 Å². The maximum atomic E-state index is 12.8. The van der Waals surface area contributed by atoms with E-state index in [-0.39, 0.29) is 11.7 Å². The molecule has 0 saturated carbocycles. The molecular weight excluding hydrogens is 398 g/mol. The van der Waals surface area contributed by atoms with Gasteiger partial charge in [0, 0.05) is 12.6 Å². The molecule has 1 heterocycles. The summed E-state index contributed by atoms with van der Waals surface area (Å²) in [7, 11) is 0. The molecule has 8 nitrogen and oxygen atoms in total. The summed E-state index contributed by atoms with van der Waals surface area (Å²) in [4.78, 5) is 36.2. The first-order chi connectivity index (χ1) is 14.2. The van der Waals surface area contributed by atoms with Gasteiger partial charge >= 0.3 is 12.6 Å². The van der Waals surface area contributed by atoms with Crippen LogP contribution in [0.5, 0.6) is 5.75 Å². The van der Waals surface area contributed by atoms with Gasteiger partial charge in [0.2, 0.25) is 5.91 Å². The first kappa shape index (κ1) is 20.9. The van der Waals surface area contributed by atoms with Crippen LogP contribution in [-0.2, 0) is 15.1 Å². The minimum Gasteiger partial charge on any atom is -0.435 e. The van der Waals surface area contributed by atoms with Crippen molar-refractivity contribution in [3.63, 3.8) is 0 Å². The van der Waals surface area contributed by atoms with E-state index in [0.717, 1.165) is 0 Å². The highest BCUT2D eigenvalue weighted by Crippen LogP contribution is 2.30. The molecule has 156 valence electrons. The molecule has 2 aromatic carbocycles. The second kappa shape index (κ2) is 8.27. The molecule has 1 atom stereocenters. The monoisotopic (exact) mass is 416 g/mol. The number of hydrazone groups is 1. The Morgan fingerprint density at radius 1 is 1.17 bits per heavy atom. The minimum atomic E-state index is -2.96. The number of benzene rings is 2. The molecule has 1 unspecified atom stereocenters. The van der Waals surface area contributed by atoms with Gasteiger partial charge in [-0.05, 0) is 42.3 Å². The highest BCUT2D eigenvalue weighted by molar-refractivity contribution is 6.07. The van der Waals surface area contributed by atoms with E-state index in [4.69, 9.17) is 0 Å². The van der Waals surface area contributed by atoms with Crippen LogP contribution in [-0.4, -0.2) is 35.7 Å². The largest absolute Gasteiger partial charge is 0.435 e. The number of nitrogens with zero attached hydrogens (tertiary/aromatic N) is 2. The molecule has 0 spiro atoms. The molecule has 2 N–H and O–H groups in total. The van der Waals surface area contributed by atoms with Crippen LogP contribution < -0.4 is 15.4 Å². The number of alkyl halides is 2. The molecule has 0 radical (unpaired) electrons. The number of urea groups is 1. The number of imide groups is 1. The summed E-state index contributed by atoms with van der Waals surface area (Å²) in [5.74, 6) is -0.892. The lowest BCUT2D eigenvalue weighted by Crippen LogP contribution is -2.40. The molecule has 2 aromatic rings. The first-order valence-electron chi connectivity index (χ1n) is 8.83. The number of rotatable bonds is 6. The average Bonchev–Trinajstić information content (AvgIpc) is 2.90. The van der Waals surface area contributed by atoms with Crippen molar-refractivity contribution in [2.24, 2.45) is 5.10 Å². The zero-order chi connectivity index (χ0) is 21.9. The predicted octanol–water partition coefficient (Wildman–Crippen LogP) is 3.05. The topological polar surface area (TPSA) is 100 Å². The van der Waals surface area contributed by atoms with E-state index in [1.807, 2.05) is 0 Å². The lowest BCUT2D eigenvalue weighted by molar-refractivity contribution is -0.131. The molecule has 0 bridgehead atoms. The second-order valence-electron chi connectivity index (χ2n) is 6.62. The van der Waals surface area contributed by atoms with Crippen molar-refractivity contribution in [3.8, 4) is 5.75 Å². The maximum absolute atomic E-state index is 12.8. The van der Waals surface area contributed by atoms with E-state index < -0.39 is 24.1 Å². The number of carbonyl (C=O) groups excluding carboxylic acids is 3. The Morgan fingerprint density at radius 3 is 2.37 bits per heavy atom. The van der Waals surface area contributed by atoms with Gasteiger partial charge in [0.1, 0.15) is 11.3 Å². The molecule has 1 aliphatic rings. The summed E-state index contributed by atoms with van der Waals surface area (Å²) < 4.78 is 28.9. The highest BCUT2D eigenvalue weighted by Gasteiger charge is 2.49. The Hall–Kier alpha value is -3.82. The lowest BCUT2D eigenvalue weighted by Gasteiger charge is -2.21. The van der Waals surface area contributed by atoms with Crippen LogP contribution in [0, 0.1) is 0 Å². The quantitative estimate of drug-likeness (QED) is 0.558. The normalized spacial score (nSPS) is 18.8. The van der Waals surface area contributed by atoms with Gasteiger partial charge in [-0.25, -0.2) is 4.79 Å². The molecular formula is C20H18F2N4O4. The lowest BCUT2D eigenvalue weighted by atomic mass is 9.92. The fourth-order valence-corrected chi connectivity index (χ4v) is 2.87. The summed E-state index contributed by atoms with van der Waals surface area (Å²) >= 11 is 0. The Bertz CT molecular complexity index is 993. The number of hydrogen-bond acceptors (Lipinski definition) is 5. The number of hydrogen-bond donors (Lipinski definition) is 2. The fraction of sp³-hybridized carbons (Fsp3) is 0.200. The number of halogens is 2. The zero-order valence-electron chi connectivity index (χ0n) is 16.1. The molecule has 0 aromatic heterocycles. The van der Waals surface area contributed by atoms with Crippen molar-refractivity contribution in [3.05, 3.63) is 59.7 Å². The van der Waals surface area contributed by atoms with Gasteiger partial charge in [0.05, 0.1) is 6.21 Å². The second-order valence-corrected chi connectivity index (χ2v) is 6.62. The number of nitrogens with one attached hydrogen (secondary N) is 2. The van der Waals surface area contributed by atoms with Crippen LogP contribution in [0.4, 0.5) is 19.3 Å². The van der Waals surface area contributed by atoms with Crippen LogP contribution in [0.3, 0.4) is 0 Å². The average molecular weight is 416 g/mol. The molecule has 4 amide bonds. The number of anilines is 1. The van der Waals surface area contributed by atoms with Crippen molar-refractivity contribution in [2.45, 2.75) is 26.0 Å². The van der Waals surface area contributed by atoms with Crippen molar-refractivity contribution in [2.75, 3.05) is 5.32 Å². The summed E-state index contributed by atoms with van der Waals surface area (Å²) in [5.41, 5.74) is 0.181. The zero-order valence-corrected chi connectivity index (χ0v) is 16.1. The van der Waals surface area contributed by atoms with E-state index in [9.17, 15) is 23.2 Å². The third kappa shape index (κ3) is 4.43. The number of ether oxygens (including phenoxy) is 1. The Labute approximate surface area is 170 Å². The maximum Gasteiger partial charge on any atom is 0.387 e. The van der Waals surface area contributed by atoms with Crippen LogP contribution in [0.25, 0.3) is 0 Å². The molecule has 0 aliphatic carbocycles. The number of carbonyl (C=O) groups is 3. The van der Waals surface area contributed by atoms with Gasteiger partial charge in [0.15, 0.2) is 0 Å². The van der Waals surface area contributed by atoms with Crippen LogP contribution >= 0.6 is 0 Å². The standard InChI is InChI=1S/C20H18F2N4O4/c1-12(27)24-15-7-3-13(4-8-15)11-23-26-17(28)20(2,25-19(26)29)14-5-9-16(10-6-14)30-18(21)22/h3-11,18H,1-2H3,(H,24,27)(H,25,29). The number of amides is 4. The van der Waals surface area contributed by atoms with E-state index in [0.29, 0.717) is 21.8 Å². The van der Waals surface area contributed by atoms with E-state index in [1.165, 1.54) is 44.3 Å². The van der Waals surface area contributed by atoms with Crippen LogP contribution in [0.15, 0.2) is 53.6 Å². The van der Waals surface area contributed by atoms with E-state index in [1.54, 1.807) is 24.3 Å². The van der Waals surface area contributed by atoms with Crippen molar-refractivity contribution in [1.82, 2.24) is 10.3 Å². The molecule has 1 aliphatic heterocycles. The third-order valence-electron chi connectivity index (χ3n) is 4.38. The SMILES string of the molecule is CC(=O)Nc1ccc(C=NN2C(=O)NC(C)(c3ccc(OC(F)F)cc3)C2=O)cc1. The summed E-state index contributed by atoms with van der Waals surface area (Å²) in [6, 6.07) is 11.3. The predicted molar refractivity (Wildman–Crippen MR) is 104 cm³/mol. The highest BCUT2D eigenvalue weighted by atomic mass is 19.3. The van der Waals surface area contributed by atoms with Crippen molar-refractivity contribution in [1.29, 1.82) is 0 Å². The van der Waals surface area contributed by atoms with Gasteiger partial charge in [-0.2, -0.15) is 13.9 Å². The van der Waals surface area contributed by atoms with Gasteiger partial charge in [0.25, 0.3) is 5.91 Å². The Morgan fingerprint density at radius 2 is 1.80 bits per heavy atom. The van der Waals surface area contributed by atoms with Crippen molar-refractivity contribution >= 4 is 29.7 Å². The minimum absolute atomic E-state index is 0.0632. The summed E-state index contributed by atoms with van der Waals surface area (Å²) in [6.07, 6.45) is 1.33. The fourth-order valence-electron chi connectivity index (χ4n) is 2.87. The van der Waals surface area contributed by atoms with E-state index >= 15 is 0 Å².